The van der Waals surface area contributed by atoms with Gasteiger partial charge in [-0.1, -0.05) is 0 Å². The molecule has 0 saturated carbocycles. The molecule has 1 heterocycles. The minimum absolute atomic E-state index is 0.117. The monoisotopic (exact) mass is 219 g/mol. The predicted molar refractivity (Wildman–Crippen MR) is 56.6 cm³/mol. The standard InChI is InChI=1S/C10H18ClNO2/c1-2-14-10(13)8-12-7-3-4-9(12)5-6-11/h9H,2-8H2,1H3. The van der Waals surface area contributed by atoms with Crippen LogP contribution in [0.15, 0.2) is 0 Å². The highest BCUT2D eigenvalue weighted by Gasteiger charge is 2.25. The molecule has 0 bridgehead atoms. The third kappa shape index (κ3) is 3.46. The van der Waals surface area contributed by atoms with Crippen molar-refractivity contribution in [1.82, 2.24) is 4.90 Å². The Labute approximate surface area is 90.4 Å². The summed E-state index contributed by atoms with van der Waals surface area (Å²) < 4.78 is 4.92. The summed E-state index contributed by atoms with van der Waals surface area (Å²) in [6, 6.07) is 0.483. The molecule has 1 rings (SSSR count). The number of carbonyl (C=O) groups is 1. The van der Waals surface area contributed by atoms with E-state index in [-0.39, 0.29) is 5.97 Å². The van der Waals surface area contributed by atoms with Crippen molar-refractivity contribution in [3.63, 3.8) is 0 Å². The van der Waals surface area contributed by atoms with E-state index in [9.17, 15) is 4.79 Å². The first-order valence-corrected chi connectivity index (χ1v) is 5.77. The summed E-state index contributed by atoms with van der Waals surface area (Å²) in [6.07, 6.45) is 3.30. The largest absolute Gasteiger partial charge is 0.465 e. The zero-order valence-electron chi connectivity index (χ0n) is 8.67. The first-order valence-electron chi connectivity index (χ1n) is 5.23. The van der Waals surface area contributed by atoms with E-state index in [1.165, 1.54) is 6.42 Å². The number of alkyl halides is 1. The highest BCUT2D eigenvalue weighted by Crippen LogP contribution is 2.19. The van der Waals surface area contributed by atoms with Gasteiger partial charge in [0.05, 0.1) is 13.2 Å². The van der Waals surface area contributed by atoms with Crippen LogP contribution in [0.3, 0.4) is 0 Å². The van der Waals surface area contributed by atoms with Crippen molar-refractivity contribution in [3.05, 3.63) is 0 Å². The summed E-state index contributed by atoms with van der Waals surface area (Å²) in [6.45, 7) is 3.72. The van der Waals surface area contributed by atoms with Crippen molar-refractivity contribution < 1.29 is 9.53 Å². The third-order valence-electron chi connectivity index (χ3n) is 2.58. The van der Waals surface area contributed by atoms with Gasteiger partial charge in [-0.2, -0.15) is 0 Å². The van der Waals surface area contributed by atoms with E-state index >= 15 is 0 Å². The Hall–Kier alpha value is -0.280. The molecule has 4 heteroatoms. The molecule has 0 aromatic rings. The molecule has 0 radical (unpaired) electrons. The fourth-order valence-electron chi connectivity index (χ4n) is 1.93. The van der Waals surface area contributed by atoms with Crippen LogP contribution in [0.2, 0.25) is 0 Å². The van der Waals surface area contributed by atoms with Crippen LogP contribution in [0.1, 0.15) is 26.2 Å². The third-order valence-corrected chi connectivity index (χ3v) is 2.80. The topological polar surface area (TPSA) is 29.5 Å². The molecule has 1 atom stereocenters. The molecule has 14 heavy (non-hydrogen) atoms. The first kappa shape index (κ1) is 11.8. The lowest BCUT2D eigenvalue weighted by Gasteiger charge is -2.22. The zero-order chi connectivity index (χ0) is 10.4. The Morgan fingerprint density at radius 1 is 1.64 bits per heavy atom. The van der Waals surface area contributed by atoms with Crippen molar-refractivity contribution in [2.24, 2.45) is 0 Å². The molecule has 1 aliphatic heterocycles. The van der Waals surface area contributed by atoms with Crippen LogP contribution in [-0.4, -0.2) is 42.5 Å². The van der Waals surface area contributed by atoms with Gasteiger partial charge in [-0.05, 0) is 32.7 Å². The lowest BCUT2D eigenvalue weighted by molar-refractivity contribution is -0.144. The van der Waals surface area contributed by atoms with Gasteiger partial charge in [0.1, 0.15) is 0 Å². The molecule has 82 valence electrons. The van der Waals surface area contributed by atoms with E-state index in [0.29, 0.717) is 25.1 Å². The van der Waals surface area contributed by atoms with Gasteiger partial charge in [-0.15, -0.1) is 11.6 Å². The molecule has 0 amide bonds. The van der Waals surface area contributed by atoms with Crippen LogP contribution < -0.4 is 0 Å². The van der Waals surface area contributed by atoms with Crippen molar-refractivity contribution in [2.45, 2.75) is 32.2 Å². The summed E-state index contributed by atoms with van der Waals surface area (Å²) in [5.74, 6) is 0.554. The number of nitrogens with zero attached hydrogens (tertiary/aromatic N) is 1. The van der Waals surface area contributed by atoms with Gasteiger partial charge in [0.15, 0.2) is 0 Å². The van der Waals surface area contributed by atoms with Crippen molar-refractivity contribution in [1.29, 1.82) is 0 Å². The summed E-state index contributed by atoms with van der Waals surface area (Å²) in [4.78, 5) is 13.4. The van der Waals surface area contributed by atoms with Crippen LogP contribution in [-0.2, 0) is 9.53 Å². The molecule has 3 nitrogen and oxygen atoms in total. The second-order valence-corrected chi connectivity index (χ2v) is 3.93. The fourth-order valence-corrected chi connectivity index (χ4v) is 2.18. The molecule has 0 aromatic heterocycles. The Morgan fingerprint density at radius 2 is 2.43 bits per heavy atom. The lowest BCUT2D eigenvalue weighted by Crippen LogP contribution is -2.35. The second-order valence-electron chi connectivity index (χ2n) is 3.55. The number of likely N-dealkylation sites (tertiary alicyclic amines) is 1. The van der Waals surface area contributed by atoms with Crippen LogP contribution in [0.4, 0.5) is 0 Å². The Kier molecular flexibility index (Phi) is 5.26. The molecule has 0 aromatic carbocycles. The van der Waals surface area contributed by atoms with Gasteiger partial charge in [-0.3, -0.25) is 9.69 Å². The number of halogens is 1. The van der Waals surface area contributed by atoms with Crippen molar-refractivity contribution >= 4 is 17.6 Å². The number of hydrogen-bond acceptors (Lipinski definition) is 3. The SMILES string of the molecule is CCOC(=O)CN1CCCC1CCCl. The predicted octanol–water partition coefficient (Wildman–Crippen LogP) is 1.64. The summed E-state index contributed by atoms with van der Waals surface area (Å²) in [7, 11) is 0. The van der Waals surface area contributed by atoms with Gasteiger partial charge in [-0.25, -0.2) is 0 Å². The van der Waals surface area contributed by atoms with Gasteiger partial charge in [0, 0.05) is 11.9 Å². The summed E-state index contributed by atoms with van der Waals surface area (Å²) >= 11 is 5.70. The molecular weight excluding hydrogens is 202 g/mol. The molecule has 0 N–H and O–H groups in total. The number of rotatable bonds is 5. The van der Waals surface area contributed by atoms with Gasteiger partial charge < -0.3 is 4.74 Å². The van der Waals surface area contributed by atoms with Gasteiger partial charge in [0.25, 0.3) is 0 Å². The normalized spacial score (nSPS) is 22.6. The van der Waals surface area contributed by atoms with Crippen molar-refractivity contribution in [2.75, 3.05) is 25.6 Å². The summed E-state index contributed by atoms with van der Waals surface area (Å²) in [5, 5.41) is 0. The van der Waals surface area contributed by atoms with E-state index in [1.807, 2.05) is 6.92 Å². The smallest absolute Gasteiger partial charge is 0.320 e. The number of hydrogen-bond donors (Lipinski definition) is 0. The highest BCUT2D eigenvalue weighted by atomic mass is 35.5. The maximum atomic E-state index is 11.3. The van der Waals surface area contributed by atoms with Crippen LogP contribution >= 0.6 is 11.6 Å². The van der Waals surface area contributed by atoms with Crippen LogP contribution in [0, 0.1) is 0 Å². The molecule has 1 fully saturated rings. The average molecular weight is 220 g/mol. The van der Waals surface area contributed by atoms with E-state index in [2.05, 4.69) is 4.90 Å². The van der Waals surface area contributed by atoms with Gasteiger partial charge >= 0.3 is 5.97 Å². The Morgan fingerprint density at radius 3 is 3.07 bits per heavy atom. The first-order chi connectivity index (χ1) is 6.77. The van der Waals surface area contributed by atoms with Crippen LogP contribution in [0.25, 0.3) is 0 Å². The minimum Gasteiger partial charge on any atom is -0.465 e. The van der Waals surface area contributed by atoms with E-state index in [1.54, 1.807) is 0 Å². The van der Waals surface area contributed by atoms with Gasteiger partial charge in [0.2, 0.25) is 0 Å². The quantitative estimate of drug-likeness (QED) is 0.520. The second kappa shape index (κ2) is 6.25. The number of ether oxygens (including phenoxy) is 1. The van der Waals surface area contributed by atoms with E-state index in [0.717, 1.165) is 19.4 Å². The number of esters is 1. The van der Waals surface area contributed by atoms with Crippen LogP contribution in [0.5, 0.6) is 0 Å². The molecule has 1 saturated heterocycles. The highest BCUT2D eigenvalue weighted by molar-refractivity contribution is 6.17. The molecular formula is C10H18ClNO2. The molecule has 1 unspecified atom stereocenters. The van der Waals surface area contributed by atoms with Crippen molar-refractivity contribution in [3.8, 4) is 0 Å². The summed E-state index contributed by atoms with van der Waals surface area (Å²) in [5.41, 5.74) is 0. The number of carbonyl (C=O) groups excluding carboxylic acids is 1. The minimum atomic E-state index is -0.117. The Bertz CT molecular complexity index is 187. The molecule has 0 aliphatic carbocycles. The Balaban J connectivity index is 2.31. The fraction of sp³-hybridized carbons (Fsp3) is 0.900. The maximum absolute atomic E-state index is 11.3. The van der Waals surface area contributed by atoms with E-state index < -0.39 is 0 Å². The average Bonchev–Trinajstić information content (AvgIpc) is 2.54. The molecule has 0 spiro atoms. The maximum Gasteiger partial charge on any atom is 0.320 e. The lowest BCUT2D eigenvalue weighted by atomic mass is 10.2. The molecule has 1 aliphatic rings. The zero-order valence-corrected chi connectivity index (χ0v) is 9.42. The van der Waals surface area contributed by atoms with E-state index in [4.69, 9.17) is 16.3 Å².